The molecule has 1 unspecified atom stereocenters. The van der Waals surface area contributed by atoms with Crippen molar-refractivity contribution in [3.05, 3.63) is 52.6 Å². The summed E-state index contributed by atoms with van der Waals surface area (Å²) >= 11 is 5.99. The van der Waals surface area contributed by atoms with E-state index in [0.717, 1.165) is 30.4 Å². The summed E-state index contributed by atoms with van der Waals surface area (Å²) in [7, 11) is 1.93. The Kier molecular flexibility index (Phi) is 5.29. The molecule has 1 aliphatic carbocycles. The molecule has 0 fully saturated rings. The first-order valence-corrected chi connectivity index (χ1v) is 9.61. The molecule has 0 aliphatic heterocycles. The van der Waals surface area contributed by atoms with Gasteiger partial charge < -0.3 is 15.2 Å². The minimum absolute atomic E-state index is 0.00436. The first-order chi connectivity index (χ1) is 13.6. The summed E-state index contributed by atoms with van der Waals surface area (Å²) in [5.74, 6) is 0.941. The minimum Gasteiger partial charge on any atom is -0.339 e. The fraction of sp³-hybridized carbons (Fsp3) is 0.368. The van der Waals surface area contributed by atoms with Crippen LogP contribution in [-0.4, -0.2) is 32.5 Å². The number of carbonyl (C=O) groups is 1. The Morgan fingerprint density at radius 3 is 3.18 bits per heavy atom. The molecule has 2 amide bonds. The van der Waals surface area contributed by atoms with Crippen LogP contribution in [0, 0.1) is 0 Å². The zero-order valence-electron chi connectivity index (χ0n) is 15.5. The largest absolute Gasteiger partial charge is 0.339 e. The van der Waals surface area contributed by atoms with E-state index in [1.807, 2.05) is 30.1 Å². The van der Waals surface area contributed by atoms with Gasteiger partial charge in [-0.15, -0.1) is 0 Å². The second-order valence-electron chi connectivity index (χ2n) is 6.79. The van der Waals surface area contributed by atoms with Gasteiger partial charge in [-0.3, -0.25) is 4.68 Å². The number of benzene rings is 1. The summed E-state index contributed by atoms with van der Waals surface area (Å²) in [6, 6.07) is 7.04. The van der Waals surface area contributed by atoms with Crippen LogP contribution in [0.5, 0.6) is 0 Å². The number of aromatic nitrogens is 4. The summed E-state index contributed by atoms with van der Waals surface area (Å²) in [5, 5.41) is 14.8. The van der Waals surface area contributed by atoms with Gasteiger partial charge in [0.15, 0.2) is 0 Å². The van der Waals surface area contributed by atoms with Crippen LogP contribution in [0.4, 0.5) is 4.79 Å². The Balaban J connectivity index is 1.28. The maximum atomic E-state index is 12.3. The van der Waals surface area contributed by atoms with Crippen molar-refractivity contribution in [2.45, 2.75) is 31.7 Å². The number of hydrogen-bond donors (Lipinski definition) is 2. The fourth-order valence-electron chi connectivity index (χ4n) is 3.45. The highest BCUT2D eigenvalue weighted by Gasteiger charge is 2.24. The summed E-state index contributed by atoms with van der Waals surface area (Å²) in [6.45, 7) is 0.398. The average Bonchev–Trinajstić information content (AvgIpc) is 3.30. The number of rotatable bonds is 5. The lowest BCUT2D eigenvalue weighted by atomic mass is 9.93. The molecule has 0 radical (unpaired) electrons. The molecule has 2 N–H and O–H groups in total. The highest BCUT2D eigenvalue weighted by atomic mass is 35.5. The van der Waals surface area contributed by atoms with Gasteiger partial charge in [0.25, 0.3) is 0 Å². The number of nitrogens with one attached hydrogen (secondary N) is 2. The van der Waals surface area contributed by atoms with Gasteiger partial charge in [0.05, 0.1) is 12.2 Å². The zero-order chi connectivity index (χ0) is 19.5. The summed E-state index contributed by atoms with van der Waals surface area (Å²) in [4.78, 5) is 16.6. The van der Waals surface area contributed by atoms with E-state index < -0.39 is 0 Å². The monoisotopic (exact) mass is 400 g/mol. The normalized spacial score (nSPS) is 15.9. The lowest BCUT2D eigenvalue weighted by Gasteiger charge is -2.23. The topological polar surface area (TPSA) is 97.9 Å². The Morgan fingerprint density at radius 1 is 1.43 bits per heavy atom. The van der Waals surface area contributed by atoms with Gasteiger partial charge in [-0.25, -0.2) is 4.79 Å². The predicted molar refractivity (Wildman–Crippen MR) is 104 cm³/mol. The van der Waals surface area contributed by atoms with Crippen LogP contribution in [0.1, 0.15) is 36.0 Å². The molecular weight excluding hydrogens is 380 g/mol. The van der Waals surface area contributed by atoms with E-state index in [9.17, 15) is 4.79 Å². The summed E-state index contributed by atoms with van der Waals surface area (Å²) < 4.78 is 7.14. The number of amides is 2. The summed E-state index contributed by atoms with van der Waals surface area (Å²) in [6.07, 6.45) is 5.24. The maximum absolute atomic E-state index is 12.3. The molecule has 1 atom stereocenters. The Bertz CT molecular complexity index is 982. The van der Waals surface area contributed by atoms with Crippen molar-refractivity contribution in [2.24, 2.45) is 7.05 Å². The molecular formula is C19H21ClN6O2. The molecule has 0 saturated heterocycles. The SMILES string of the molecule is Cn1ncc2c1CCCC2NC(=O)NCCc1nc(-c2cccc(Cl)c2)no1. The van der Waals surface area contributed by atoms with E-state index >= 15 is 0 Å². The molecule has 0 saturated carbocycles. The molecule has 8 nitrogen and oxygen atoms in total. The van der Waals surface area contributed by atoms with E-state index in [1.165, 1.54) is 5.69 Å². The molecule has 1 aliphatic rings. The minimum atomic E-state index is -0.212. The molecule has 0 bridgehead atoms. The molecule has 4 rings (SSSR count). The quantitative estimate of drug-likeness (QED) is 0.686. The zero-order valence-corrected chi connectivity index (χ0v) is 16.2. The third-order valence-electron chi connectivity index (χ3n) is 4.86. The van der Waals surface area contributed by atoms with E-state index in [1.54, 1.807) is 12.1 Å². The highest BCUT2D eigenvalue weighted by molar-refractivity contribution is 6.30. The standard InChI is InChI=1S/C19H21ClN6O2/c1-26-16-7-3-6-15(14(16)11-22-26)23-19(27)21-9-8-17-24-18(25-28-17)12-4-2-5-13(20)10-12/h2,4-5,10-11,15H,3,6-9H2,1H3,(H2,21,23,27). The van der Waals surface area contributed by atoms with Crippen LogP contribution in [0.3, 0.4) is 0 Å². The molecule has 146 valence electrons. The number of fused-ring (bicyclic) bond motifs is 1. The van der Waals surface area contributed by atoms with Crippen LogP contribution in [0.15, 0.2) is 35.0 Å². The average molecular weight is 401 g/mol. The van der Waals surface area contributed by atoms with Gasteiger partial charge in [0, 0.05) is 41.9 Å². The van der Waals surface area contributed by atoms with Crippen molar-refractivity contribution in [1.29, 1.82) is 0 Å². The van der Waals surface area contributed by atoms with Gasteiger partial charge in [0.2, 0.25) is 11.7 Å². The van der Waals surface area contributed by atoms with Crippen LogP contribution in [0.25, 0.3) is 11.4 Å². The van der Waals surface area contributed by atoms with Gasteiger partial charge in [-0.05, 0) is 31.4 Å². The van der Waals surface area contributed by atoms with E-state index in [-0.39, 0.29) is 12.1 Å². The number of urea groups is 1. The lowest BCUT2D eigenvalue weighted by Crippen LogP contribution is -2.39. The third-order valence-corrected chi connectivity index (χ3v) is 5.09. The van der Waals surface area contributed by atoms with Gasteiger partial charge in [0.1, 0.15) is 0 Å². The molecule has 9 heteroatoms. The molecule has 1 aromatic carbocycles. The van der Waals surface area contributed by atoms with Crippen molar-refractivity contribution < 1.29 is 9.32 Å². The first kappa shape index (κ1) is 18.5. The molecule has 0 spiro atoms. The van der Waals surface area contributed by atoms with E-state index in [2.05, 4.69) is 25.9 Å². The molecule has 2 aromatic heterocycles. The van der Waals surface area contributed by atoms with Crippen molar-refractivity contribution >= 4 is 17.6 Å². The Hall–Kier alpha value is -2.87. The smallest absolute Gasteiger partial charge is 0.315 e. The van der Waals surface area contributed by atoms with Crippen molar-refractivity contribution in [1.82, 2.24) is 30.6 Å². The van der Waals surface area contributed by atoms with Crippen LogP contribution < -0.4 is 10.6 Å². The number of aryl methyl sites for hydroxylation is 1. The van der Waals surface area contributed by atoms with Crippen molar-refractivity contribution in [3.63, 3.8) is 0 Å². The highest BCUT2D eigenvalue weighted by Crippen LogP contribution is 2.28. The van der Waals surface area contributed by atoms with Crippen LogP contribution in [0.2, 0.25) is 5.02 Å². The number of carbonyl (C=O) groups excluding carboxylic acids is 1. The Labute approximate surface area is 167 Å². The van der Waals surface area contributed by atoms with Crippen molar-refractivity contribution in [3.8, 4) is 11.4 Å². The van der Waals surface area contributed by atoms with E-state index in [0.29, 0.717) is 29.7 Å². The number of nitrogens with zero attached hydrogens (tertiary/aromatic N) is 4. The van der Waals surface area contributed by atoms with Gasteiger partial charge in [-0.1, -0.05) is 28.9 Å². The second kappa shape index (κ2) is 8.02. The maximum Gasteiger partial charge on any atom is 0.315 e. The third kappa shape index (κ3) is 4.01. The fourth-order valence-corrected chi connectivity index (χ4v) is 3.64. The molecule has 28 heavy (non-hydrogen) atoms. The second-order valence-corrected chi connectivity index (χ2v) is 7.22. The summed E-state index contributed by atoms with van der Waals surface area (Å²) in [5.41, 5.74) is 3.08. The molecule has 3 aromatic rings. The Morgan fingerprint density at radius 2 is 2.32 bits per heavy atom. The number of halogens is 1. The first-order valence-electron chi connectivity index (χ1n) is 9.24. The van der Waals surface area contributed by atoms with E-state index in [4.69, 9.17) is 16.1 Å². The van der Waals surface area contributed by atoms with Gasteiger partial charge >= 0.3 is 6.03 Å². The van der Waals surface area contributed by atoms with Gasteiger partial charge in [-0.2, -0.15) is 10.1 Å². The lowest BCUT2D eigenvalue weighted by molar-refractivity contribution is 0.235. The van der Waals surface area contributed by atoms with Crippen molar-refractivity contribution in [2.75, 3.05) is 6.54 Å². The predicted octanol–water partition coefficient (Wildman–Crippen LogP) is 3.04. The van der Waals surface area contributed by atoms with Crippen LogP contribution in [-0.2, 0) is 19.9 Å². The molecule has 2 heterocycles. The van der Waals surface area contributed by atoms with Crippen LogP contribution >= 0.6 is 11.6 Å². The number of hydrogen-bond acceptors (Lipinski definition) is 5.